The number of halogens is 1. The van der Waals surface area contributed by atoms with Gasteiger partial charge in [0.05, 0.1) is 5.69 Å². The molecule has 3 heterocycles. The van der Waals surface area contributed by atoms with Crippen molar-refractivity contribution in [3.8, 4) is 11.1 Å². The topological polar surface area (TPSA) is 59.0 Å². The van der Waals surface area contributed by atoms with Crippen LogP contribution in [0.1, 0.15) is 61.4 Å². The van der Waals surface area contributed by atoms with E-state index in [2.05, 4.69) is 30.7 Å². The van der Waals surface area contributed by atoms with Gasteiger partial charge in [-0.05, 0) is 54.8 Å². The zero-order valence-corrected chi connectivity index (χ0v) is 18.2. The van der Waals surface area contributed by atoms with Gasteiger partial charge in [0.15, 0.2) is 0 Å². The highest BCUT2D eigenvalue weighted by atomic mass is 19.1. The fourth-order valence-electron chi connectivity index (χ4n) is 3.98. The Hall–Kier alpha value is -3.15. The van der Waals surface area contributed by atoms with Crippen LogP contribution in [-0.2, 0) is 5.41 Å². The molecule has 4 rings (SSSR count). The van der Waals surface area contributed by atoms with Crippen molar-refractivity contribution in [3.05, 3.63) is 77.9 Å². The smallest absolute Gasteiger partial charge is 0.253 e. The molecular formula is C25H27FN4O. The lowest BCUT2D eigenvalue weighted by Gasteiger charge is -2.34. The predicted octanol–water partition coefficient (Wildman–Crippen LogP) is 5.00. The average Bonchev–Trinajstić information content (AvgIpc) is 2.79. The monoisotopic (exact) mass is 418 g/mol. The van der Waals surface area contributed by atoms with Crippen molar-refractivity contribution in [1.29, 1.82) is 0 Å². The van der Waals surface area contributed by atoms with E-state index in [1.807, 2.05) is 23.2 Å². The van der Waals surface area contributed by atoms with Gasteiger partial charge >= 0.3 is 0 Å². The first-order valence-corrected chi connectivity index (χ1v) is 10.7. The molecule has 1 unspecified atom stereocenters. The average molecular weight is 419 g/mol. The van der Waals surface area contributed by atoms with E-state index in [0.717, 1.165) is 35.5 Å². The van der Waals surface area contributed by atoms with Crippen molar-refractivity contribution in [2.75, 3.05) is 13.1 Å². The Kier molecular flexibility index (Phi) is 5.81. The Morgan fingerprint density at radius 3 is 2.48 bits per heavy atom. The standard InChI is InChI=1S/C25H27FN4O/c1-25(2,3)24-28-15-21(17-10-12-27-13-11-17)22(29-24)19-5-4-14-30(16-19)23(31)18-6-8-20(26)9-7-18/h6-13,15,19H,4-5,14,16H2,1-3H3. The van der Waals surface area contributed by atoms with Crippen LogP contribution in [0.25, 0.3) is 11.1 Å². The lowest BCUT2D eigenvalue weighted by molar-refractivity contribution is 0.0706. The lowest BCUT2D eigenvalue weighted by Crippen LogP contribution is -2.39. The molecule has 1 amide bonds. The molecular weight excluding hydrogens is 391 g/mol. The maximum atomic E-state index is 13.3. The molecule has 2 aromatic heterocycles. The minimum absolute atomic E-state index is 0.0692. The van der Waals surface area contributed by atoms with Gasteiger partial charge in [0.2, 0.25) is 0 Å². The molecule has 1 aromatic carbocycles. The highest BCUT2D eigenvalue weighted by Crippen LogP contribution is 2.34. The van der Waals surface area contributed by atoms with Crippen molar-refractivity contribution >= 4 is 5.91 Å². The number of benzene rings is 1. The zero-order valence-electron chi connectivity index (χ0n) is 18.2. The van der Waals surface area contributed by atoms with Crippen LogP contribution in [0.3, 0.4) is 0 Å². The molecule has 0 N–H and O–H groups in total. The molecule has 1 aliphatic rings. The second-order valence-electron chi connectivity index (χ2n) is 9.08. The Labute approximate surface area is 182 Å². The zero-order chi connectivity index (χ0) is 22.0. The summed E-state index contributed by atoms with van der Waals surface area (Å²) in [5.74, 6) is 0.485. The number of nitrogens with zero attached hydrogens (tertiary/aromatic N) is 4. The molecule has 0 radical (unpaired) electrons. The predicted molar refractivity (Wildman–Crippen MR) is 118 cm³/mol. The van der Waals surface area contributed by atoms with Gasteiger partial charge in [-0.1, -0.05) is 20.8 Å². The summed E-state index contributed by atoms with van der Waals surface area (Å²) in [4.78, 5) is 28.7. The van der Waals surface area contributed by atoms with Crippen LogP contribution in [0.4, 0.5) is 4.39 Å². The third kappa shape index (κ3) is 4.63. The van der Waals surface area contributed by atoms with E-state index < -0.39 is 0 Å². The fourth-order valence-corrected chi connectivity index (χ4v) is 3.98. The number of pyridine rings is 1. The molecule has 0 spiro atoms. The summed E-state index contributed by atoms with van der Waals surface area (Å²) in [6.07, 6.45) is 7.27. The van der Waals surface area contributed by atoms with E-state index in [0.29, 0.717) is 18.7 Å². The second-order valence-corrected chi connectivity index (χ2v) is 9.08. The molecule has 1 atom stereocenters. The molecule has 3 aromatic rings. The lowest BCUT2D eigenvalue weighted by atomic mass is 9.88. The molecule has 160 valence electrons. The van der Waals surface area contributed by atoms with Crippen LogP contribution < -0.4 is 0 Å². The maximum absolute atomic E-state index is 13.3. The van der Waals surface area contributed by atoms with Gasteiger partial charge in [-0.2, -0.15) is 0 Å². The summed E-state index contributed by atoms with van der Waals surface area (Å²) in [5, 5.41) is 0. The van der Waals surface area contributed by atoms with Gasteiger partial charge in [-0.15, -0.1) is 0 Å². The number of hydrogen-bond donors (Lipinski definition) is 0. The van der Waals surface area contributed by atoms with Crippen LogP contribution >= 0.6 is 0 Å². The Balaban J connectivity index is 1.68. The van der Waals surface area contributed by atoms with Gasteiger partial charge in [-0.25, -0.2) is 14.4 Å². The Bertz CT molecular complexity index is 1060. The van der Waals surface area contributed by atoms with Crippen LogP contribution in [0.2, 0.25) is 0 Å². The molecule has 1 saturated heterocycles. The van der Waals surface area contributed by atoms with Gasteiger partial charge < -0.3 is 4.90 Å². The van der Waals surface area contributed by atoms with Gasteiger partial charge in [-0.3, -0.25) is 9.78 Å². The number of aromatic nitrogens is 3. The van der Waals surface area contributed by atoms with Gasteiger partial charge in [0.25, 0.3) is 5.91 Å². The summed E-state index contributed by atoms with van der Waals surface area (Å²) >= 11 is 0. The molecule has 6 heteroatoms. The summed E-state index contributed by atoms with van der Waals surface area (Å²) in [7, 11) is 0. The second kappa shape index (κ2) is 8.53. The first-order chi connectivity index (χ1) is 14.8. The van der Waals surface area contributed by atoms with Gasteiger partial charge in [0, 0.05) is 54.1 Å². The van der Waals surface area contributed by atoms with Gasteiger partial charge in [0.1, 0.15) is 11.6 Å². The SMILES string of the molecule is CC(C)(C)c1ncc(-c2ccncc2)c(C2CCCN(C(=O)c3ccc(F)cc3)C2)n1. The Morgan fingerprint density at radius 2 is 1.81 bits per heavy atom. The number of likely N-dealkylation sites (tertiary alicyclic amines) is 1. The number of amides is 1. The summed E-state index contributed by atoms with van der Waals surface area (Å²) < 4.78 is 13.3. The van der Waals surface area contributed by atoms with Crippen LogP contribution in [0.15, 0.2) is 55.0 Å². The van der Waals surface area contributed by atoms with E-state index in [9.17, 15) is 9.18 Å². The maximum Gasteiger partial charge on any atom is 0.253 e. The minimum Gasteiger partial charge on any atom is -0.338 e. The van der Waals surface area contributed by atoms with E-state index in [-0.39, 0.29) is 23.1 Å². The number of carbonyl (C=O) groups is 1. The summed E-state index contributed by atoms with van der Waals surface area (Å²) in [6, 6.07) is 9.68. The normalized spacial score (nSPS) is 16.9. The largest absolute Gasteiger partial charge is 0.338 e. The van der Waals surface area contributed by atoms with Crippen LogP contribution in [0.5, 0.6) is 0 Å². The van der Waals surface area contributed by atoms with E-state index >= 15 is 0 Å². The number of carbonyl (C=O) groups excluding carboxylic acids is 1. The molecule has 1 fully saturated rings. The highest BCUT2D eigenvalue weighted by molar-refractivity contribution is 5.94. The van der Waals surface area contributed by atoms with Crippen molar-refractivity contribution in [3.63, 3.8) is 0 Å². The summed E-state index contributed by atoms with van der Waals surface area (Å²) in [6.45, 7) is 7.57. The minimum atomic E-state index is -0.342. The van der Waals surface area contributed by atoms with Crippen molar-refractivity contribution in [2.24, 2.45) is 0 Å². The van der Waals surface area contributed by atoms with Crippen LogP contribution in [0, 0.1) is 5.82 Å². The summed E-state index contributed by atoms with van der Waals surface area (Å²) in [5.41, 5.74) is 3.31. The first kappa shape index (κ1) is 21.1. The van der Waals surface area contributed by atoms with Crippen molar-refractivity contribution in [2.45, 2.75) is 44.9 Å². The third-order valence-corrected chi connectivity index (χ3v) is 5.67. The van der Waals surface area contributed by atoms with Crippen molar-refractivity contribution < 1.29 is 9.18 Å². The molecule has 5 nitrogen and oxygen atoms in total. The first-order valence-electron chi connectivity index (χ1n) is 10.7. The van der Waals surface area contributed by atoms with E-state index in [4.69, 9.17) is 4.98 Å². The van der Waals surface area contributed by atoms with Crippen LogP contribution in [-0.4, -0.2) is 38.8 Å². The highest BCUT2D eigenvalue weighted by Gasteiger charge is 2.30. The van der Waals surface area contributed by atoms with E-state index in [1.165, 1.54) is 12.1 Å². The third-order valence-electron chi connectivity index (χ3n) is 5.67. The van der Waals surface area contributed by atoms with E-state index in [1.54, 1.807) is 24.5 Å². The molecule has 0 aliphatic carbocycles. The quantitative estimate of drug-likeness (QED) is 0.601. The number of hydrogen-bond acceptors (Lipinski definition) is 4. The molecule has 0 bridgehead atoms. The Morgan fingerprint density at radius 1 is 1.10 bits per heavy atom. The molecule has 31 heavy (non-hydrogen) atoms. The van der Waals surface area contributed by atoms with Crippen molar-refractivity contribution in [1.82, 2.24) is 19.9 Å². The fraction of sp³-hybridized carbons (Fsp3) is 0.360. The molecule has 1 aliphatic heterocycles. The number of rotatable bonds is 3. The number of piperidine rings is 1. The molecule has 0 saturated carbocycles.